The Balaban J connectivity index is 2.04. The molecule has 0 aliphatic carbocycles. The van der Waals surface area contributed by atoms with Gasteiger partial charge < -0.3 is 14.6 Å². The predicted molar refractivity (Wildman–Crippen MR) is 93.6 cm³/mol. The highest BCUT2D eigenvalue weighted by Gasteiger charge is 2.19. The van der Waals surface area contributed by atoms with Crippen LogP contribution in [0.2, 0.25) is 5.02 Å². The van der Waals surface area contributed by atoms with Gasteiger partial charge in [0.15, 0.2) is 0 Å². The minimum absolute atomic E-state index is 0.193. The van der Waals surface area contributed by atoms with Crippen LogP contribution in [-0.4, -0.2) is 17.6 Å². The van der Waals surface area contributed by atoms with Crippen LogP contribution in [0.5, 0.6) is 5.75 Å². The first kappa shape index (κ1) is 15.4. The number of ether oxygens (including phenoxy) is 1. The van der Waals surface area contributed by atoms with Gasteiger partial charge in [-0.05, 0) is 36.8 Å². The van der Waals surface area contributed by atoms with Gasteiger partial charge >= 0.3 is 0 Å². The number of rotatable bonds is 3. The predicted octanol–water partition coefficient (Wildman–Crippen LogP) is 4.40. The monoisotopic (exact) mass is 328 g/mol. The highest BCUT2D eigenvalue weighted by Crippen LogP contribution is 2.30. The minimum Gasteiger partial charge on any atom is -0.495 e. The fraction of sp³-hybridized carbons (Fsp3) is 0.167. The second kappa shape index (κ2) is 5.97. The van der Waals surface area contributed by atoms with Gasteiger partial charge in [-0.25, -0.2) is 0 Å². The standard InChI is InChI=1S/C18H17ClN2O2/c1-11-13-6-4-5-7-15(13)21(2)17(11)18(22)20-14-10-12(19)8-9-16(14)23-3/h4-10H,1-3H3,(H,20,22). The molecule has 5 heteroatoms. The van der Waals surface area contributed by atoms with E-state index < -0.39 is 0 Å². The molecule has 118 valence electrons. The van der Waals surface area contributed by atoms with Gasteiger partial charge in [-0.15, -0.1) is 0 Å². The lowest BCUT2D eigenvalue weighted by Gasteiger charge is -2.11. The average molecular weight is 329 g/mol. The number of halogens is 1. The van der Waals surface area contributed by atoms with Gasteiger partial charge in [-0.3, -0.25) is 4.79 Å². The Bertz CT molecular complexity index is 860. The highest BCUT2D eigenvalue weighted by atomic mass is 35.5. The van der Waals surface area contributed by atoms with E-state index in [9.17, 15) is 4.79 Å². The van der Waals surface area contributed by atoms with Crippen LogP contribution in [0.4, 0.5) is 5.69 Å². The molecule has 0 saturated carbocycles. The number of nitrogens with zero attached hydrogens (tertiary/aromatic N) is 1. The van der Waals surface area contributed by atoms with Crippen LogP contribution in [0.1, 0.15) is 16.1 Å². The first-order chi connectivity index (χ1) is 11.0. The van der Waals surface area contributed by atoms with Crippen molar-refractivity contribution in [2.45, 2.75) is 6.92 Å². The minimum atomic E-state index is -0.193. The largest absolute Gasteiger partial charge is 0.495 e. The summed E-state index contributed by atoms with van der Waals surface area (Å²) >= 11 is 6.02. The van der Waals surface area contributed by atoms with Crippen molar-refractivity contribution in [1.82, 2.24) is 4.57 Å². The third kappa shape index (κ3) is 2.66. The van der Waals surface area contributed by atoms with Crippen molar-refractivity contribution >= 4 is 34.1 Å². The number of aryl methyl sites for hydroxylation is 2. The summed E-state index contributed by atoms with van der Waals surface area (Å²) in [6.45, 7) is 1.95. The maximum absolute atomic E-state index is 12.8. The fourth-order valence-electron chi connectivity index (χ4n) is 2.86. The summed E-state index contributed by atoms with van der Waals surface area (Å²) in [6.07, 6.45) is 0. The molecule has 1 N–H and O–H groups in total. The maximum atomic E-state index is 12.8. The second-order valence-corrected chi connectivity index (χ2v) is 5.78. The molecule has 0 spiro atoms. The number of anilines is 1. The van der Waals surface area contributed by atoms with Gasteiger partial charge in [0.1, 0.15) is 11.4 Å². The fourth-order valence-corrected chi connectivity index (χ4v) is 3.04. The van der Waals surface area contributed by atoms with Gasteiger partial charge in [-0.1, -0.05) is 29.8 Å². The molecule has 0 unspecified atom stereocenters. The Kier molecular flexibility index (Phi) is 4.01. The lowest BCUT2D eigenvalue weighted by atomic mass is 10.1. The van der Waals surface area contributed by atoms with E-state index in [0.29, 0.717) is 22.2 Å². The third-order valence-electron chi connectivity index (χ3n) is 3.98. The molecule has 0 radical (unpaired) electrons. The molecule has 0 aliphatic heterocycles. The SMILES string of the molecule is COc1ccc(Cl)cc1NC(=O)c1c(C)c2ccccc2n1C. The van der Waals surface area contributed by atoms with Crippen LogP contribution >= 0.6 is 11.6 Å². The van der Waals surface area contributed by atoms with Crippen molar-refractivity contribution in [3.63, 3.8) is 0 Å². The van der Waals surface area contributed by atoms with Crippen molar-refractivity contribution in [3.8, 4) is 5.75 Å². The Morgan fingerprint density at radius 3 is 2.65 bits per heavy atom. The van der Waals surface area contributed by atoms with Crippen molar-refractivity contribution < 1.29 is 9.53 Å². The number of para-hydroxylation sites is 1. The summed E-state index contributed by atoms with van der Waals surface area (Å²) in [5, 5.41) is 4.50. The highest BCUT2D eigenvalue weighted by molar-refractivity contribution is 6.31. The molecule has 3 aromatic rings. The summed E-state index contributed by atoms with van der Waals surface area (Å²) in [6, 6.07) is 13.1. The number of aromatic nitrogens is 1. The van der Waals surface area contributed by atoms with Crippen LogP contribution < -0.4 is 10.1 Å². The summed E-state index contributed by atoms with van der Waals surface area (Å²) in [5.74, 6) is 0.376. The molecule has 0 fully saturated rings. The molecule has 3 rings (SSSR count). The van der Waals surface area contributed by atoms with Crippen molar-refractivity contribution in [2.24, 2.45) is 7.05 Å². The smallest absolute Gasteiger partial charge is 0.272 e. The van der Waals surface area contributed by atoms with Crippen LogP contribution in [0.15, 0.2) is 42.5 Å². The van der Waals surface area contributed by atoms with Gasteiger partial charge in [0, 0.05) is 23.0 Å². The zero-order valence-corrected chi connectivity index (χ0v) is 13.9. The van der Waals surface area contributed by atoms with Crippen molar-refractivity contribution in [3.05, 3.63) is 58.7 Å². The number of fused-ring (bicyclic) bond motifs is 1. The molecule has 1 heterocycles. The normalized spacial score (nSPS) is 10.8. The number of nitrogens with one attached hydrogen (secondary N) is 1. The van der Waals surface area contributed by atoms with E-state index in [4.69, 9.17) is 16.3 Å². The van der Waals surface area contributed by atoms with Crippen molar-refractivity contribution in [2.75, 3.05) is 12.4 Å². The molecule has 23 heavy (non-hydrogen) atoms. The summed E-state index contributed by atoms with van der Waals surface area (Å²) in [7, 11) is 3.44. The molecule has 2 aromatic carbocycles. The van der Waals surface area contributed by atoms with Crippen molar-refractivity contribution in [1.29, 1.82) is 0 Å². The Morgan fingerprint density at radius 2 is 1.96 bits per heavy atom. The number of benzene rings is 2. The molecule has 0 atom stereocenters. The van der Waals surface area contributed by atoms with E-state index in [1.165, 1.54) is 0 Å². The molecule has 1 aromatic heterocycles. The first-order valence-corrected chi connectivity index (χ1v) is 7.59. The molecular weight excluding hydrogens is 312 g/mol. The quantitative estimate of drug-likeness (QED) is 0.774. The molecule has 0 saturated heterocycles. The number of amides is 1. The van der Waals surface area contributed by atoms with Gasteiger partial charge in [0.25, 0.3) is 5.91 Å². The Labute approximate surface area is 139 Å². The lowest BCUT2D eigenvalue weighted by molar-refractivity contribution is 0.101. The summed E-state index contributed by atoms with van der Waals surface area (Å²) < 4.78 is 7.18. The summed E-state index contributed by atoms with van der Waals surface area (Å²) in [4.78, 5) is 12.8. The van der Waals surface area contributed by atoms with Crippen LogP contribution in [0.3, 0.4) is 0 Å². The van der Waals surface area contributed by atoms with Gasteiger partial charge in [0.2, 0.25) is 0 Å². The topological polar surface area (TPSA) is 43.3 Å². The molecule has 4 nitrogen and oxygen atoms in total. The van der Waals surface area contributed by atoms with E-state index in [2.05, 4.69) is 5.32 Å². The van der Waals surface area contributed by atoms with Gasteiger partial charge in [-0.2, -0.15) is 0 Å². The average Bonchev–Trinajstić information content (AvgIpc) is 2.79. The number of carbonyl (C=O) groups excluding carboxylic acids is 1. The number of methoxy groups -OCH3 is 1. The number of hydrogen-bond donors (Lipinski definition) is 1. The summed E-state index contributed by atoms with van der Waals surface area (Å²) in [5.41, 5.74) is 3.14. The Morgan fingerprint density at radius 1 is 1.22 bits per heavy atom. The van der Waals surface area contributed by atoms with E-state index in [0.717, 1.165) is 16.5 Å². The van der Waals surface area contributed by atoms with Crippen LogP contribution in [0.25, 0.3) is 10.9 Å². The third-order valence-corrected chi connectivity index (χ3v) is 4.22. The van der Waals surface area contributed by atoms with Crippen LogP contribution in [-0.2, 0) is 7.05 Å². The van der Waals surface area contributed by atoms with E-state index in [-0.39, 0.29) is 5.91 Å². The Hall–Kier alpha value is -2.46. The zero-order valence-electron chi connectivity index (χ0n) is 13.2. The molecular formula is C18H17ClN2O2. The van der Waals surface area contributed by atoms with Crippen LogP contribution in [0, 0.1) is 6.92 Å². The number of hydrogen-bond acceptors (Lipinski definition) is 2. The maximum Gasteiger partial charge on any atom is 0.272 e. The first-order valence-electron chi connectivity index (χ1n) is 7.22. The molecule has 1 amide bonds. The van der Waals surface area contributed by atoms with E-state index >= 15 is 0 Å². The zero-order chi connectivity index (χ0) is 16.6. The molecule has 0 aliphatic rings. The number of carbonyl (C=O) groups is 1. The van der Waals surface area contributed by atoms with E-state index in [1.807, 2.05) is 42.8 Å². The lowest BCUT2D eigenvalue weighted by Crippen LogP contribution is -2.17. The van der Waals surface area contributed by atoms with E-state index in [1.54, 1.807) is 25.3 Å². The molecule has 0 bridgehead atoms. The van der Waals surface area contributed by atoms with Gasteiger partial charge in [0.05, 0.1) is 12.8 Å². The second-order valence-electron chi connectivity index (χ2n) is 5.35.